The number of morpholine rings is 1. The molecule has 176 valence electrons. The minimum absolute atomic E-state index is 0.0544. The van der Waals surface area contributed by atoms with Gasteiger partial charge >= 0.3 is 12.0 Å². The summed E-state index contributed by atoms with van der Waals surface area (Å²) >= 11 is 0. The van der Waals surface area contributed by atoms with E-state index < -0.39 is 24.5 Å². The van der Waals surface area contributed by atoms with E-state index in [9.17, 15) is 14.4 Å². The highest BCUT2D eigenvalue weighted by Crippen LogP contribution is 2.17. The Hall–Kier alpha value is -3.43. The summed E-state index contributed by atoms with van der Waals surface area (Å²) in [6, 6.07) is 13.5. The van der Waals surface area contributed by atoms with Crippen molar-refractivity contribution in [1.82, 2.24) is 10.2 Å². The molecule has 9 heteroatoms. The smallest absolute Gasteiger partial charge is 0.340 e. The number of rotatable bonds is 8. The number of nitrogens with zero attached hydrogens (tertiary/aromatic N) is 1. The van der Waals surface area contributed by atoms with E-state index in [0.717, 1.165) is 38.4 Å². The average Bonchev–Trinajstić information content (AvgIpc) is 2.79. The number of benzene rings is 2. The third kappa shape index (κ3) is 7.89. The highest BCUT2D eigenvalue weighted by molar-refractivity contribution is 6.02. The zero-order chi connectivity index (χ0) is 23.6. The van der Waals surface area contributed by atoms with E-state index in [0.29, 0.717) is 11.4 Å². The first-order valence-electron chi connectivity index (χ1n) is 10.9. The van der Waals surface area contributed by atoms with Crippen molar-refractivity contribution in [1.29, 1.82) is 0 Å². The van der Waals surface area contributed by atoms with Crippen molar-refractivity contribution < 1.29 is 23.9 Å². The third-order valence-corrected chi connectivity index (χ3v) is 4.90. The number of nitrogens with one attached hydrogen (secondary N) is 3. The lowest BCUT2D eigenvalue weighted by atomic mass is 10.2. The van der Waals surface area contributed by atoms with E-state index in [4.69, 9.17) is 9.47 Å². The van der Waals surface area contributed by atoms with Crippen LogP contribution in [0.2, 0.25) is 0 Å². The number of anilines is 2. The van der Waals surface area contributed by atoms with Crippen molar-refractivity contribution in [2.45, 2.75) is 26.4 Å². The first-order valence-corrected chi connectivity index (χ1v) is 10.9. The highest BCUT2D eigenvalue weighted by Gasteiger charge is 2.16. The van der Waals surface area contributed by atoms with Crippen LogP contribution in [0.25, 0.3) is 0 Å². The molecule has 1 heterocycles. The fourth-order valence-corrected chi connectivity index (χ4v) is 3.31. The lowest BCUT2D eigenvalue weighted by Gasteiger charge is -2.26. The van der Waals surface area contributed by atoms with Crippen LogP contribution in [0.1, 0.15) is 29.8 Å². The Morgan fingerprint density at radius 3 is 2.39 bits per heavy atom. The van der Waals surface area contributed by atoms with E-state index >= 15 is 0 Å². The van der Waals surface area contributed by atoms with Crippen molar-refractivity contribution in [3.8, 4) is 0 Å². The quantitative estimate of drug-likeness (QED) is 0.530. The van der Waals surface area contributed by atoms with Gasteiger partial charge in [-0.15, -0.1) is 0 Å². The van der Waals surface area contributed by atoms with Gasteiger partial charge in [0.15, 0.2) is 6.61 Å². The summed E-state index contributed by atoms with van der Waals surface area (Å²) in [7, 11) is 0. The molecule has 3 rings (SSSR count). The summed E-state index contributed by atoms with van der Waals surface area (Å²) in [5.74, 6) is -1.15. The van der Waals surface area contributed by atoms with E-state index in [1.165, 1.54) is 6.07 Å². The predicted molar refractivity (Wildman–Crippen MR) is 125 cm³/mol. The molecule has 0 aliphatic carbocycles. The normalized spacial score (nSPS) is 13.9. The van der Waals surface area contributed by atoms with E-state index in [2.05, 4.69) is 20.9 Å². The summed E-state index contributed by atoms with van der Waals surface area (Å²) in [6.07, 6.45) is 0. The molecule has 0 radical (unpaired) electrons. The molecule has 1 saturated heterocycles. The molecule has 0 bridgehead atoms. The van der Waals surface area contributed by atoms with Crippen LogP contribution < -0.4 is 16.0 Å². The lowest BCUT2D eigenvalue weighted by molar-refractivity contribution is -0.119. The number of hydrogen-bond donors (Lipinski definition) is 3. The number of amides is 3. The summed E-state index contributed by atoms with van der Waals surface area (Å²) in [5, 5.41) is 8.03. The second-order valence-corrected chi connectivity index (χ2v) is 8.01. The zero-order valence-corrected chi connectivity index (χ0v) is 18.9. The molecule has 0 spiro atoms. The standard InChI is InChI=1S/C24H30N4O5/c1-17(2)25-24(31)27-21-6-4-3-5-20(21)23(30)33-16-22(29)26-19-9-7-18(8-10-19)15-28-11-13-32-14-12-28/h3-10,17H,11-16H2,1-2H3,(H,26,29)(H2,25,27,31). The largest absolute Gasteiger partial charge is 0.452 e. The van der Waals surface area contributed by atoms with Gasteiger partial charge < -0.3 is 25.4 Å². The van der Waals surface area contributed by atoms with Crippen molar-refractivity contribution in [3.05, 3.63) is 59.7 Å². The van der Waals surface area contributed by atoms with Gasteiger partial charge in [0.25, 0.3) is 5.91 Å². The molecule has 3 amide bonds. The number of ether oxygens (including phenoxy) is 2. The number of carbonyl (C=O) groups is 3. The molecule has 1 aliphatic rings. The Morgan fingerprint density at radius 1 is 1.00 bits per heavy atom. The molecular weight excluding hydrogens is 424 g/mol. The van der Waals surface area contributed by atoms with Gasteiger partial charge in [-0.3, -0.25) is 9.69 Å². The molecule has 0 aromatic heterocycles. The van der Waals surface area contributed by atoms with Gasteiger partial charge in [0.1, 0.15) is 0 Å². The summed E-state index contributed by atoms with van der Waals surface area (Å²) < 4.78 is 10.5. The monoisotopic (exact) mass is 454 g/mol. The molecule has 2 aromatic carbocycles. The van der Waals surface area contributed by atoms with Gasteiger partial charge in [-0.2, -0.15) is 0 Å². The van der Waals surface area contributed by atoms with Gasteiger partial charge in [-0.25, -0.2) is 9.59 Å². The van der Waals surface area contributed by atoms with Gasteiger partial charge in [-0.1, -0.05) is 24.3 Å². The summed E-state index contributed by atoms with van der Waals surface area (Å²) in [6.45, 7) is 7.36. The number of hydrogen-bond acceptors (Lipinski definition) is 6. The summed E-state index contributed by atoms with van der Waals surface area (Å²) in [5.41, 5.74) is 2.23. The number of urea groups is 1. The number of carbonyl (C=O) groups excluding carboxylic acids is 3. The van der Waals surface area contributed by atoms with Crippen LogP contribution >= 0.6 is 0 Å². The maximum atomic E-state index is 12.5. The third-order valence-electron chi connectivity index (χ3n) is 4.90. The zero-order valence-electron chi connectivity index (χ0n) is 18.9. The van der Waals surface area contributed by atoms with Crippen LogP contribution in [0.5, 0.6) is 0 Å². The molecule has 2 aromatic rings. The maximum Gasteiger partial charge on any atom is 0.340 e. The van der Waals surface area contributed by atoms with Gasteiger partial charge in [0.2, 0.25) is 0 Å². The Bertz CT molecular complexity index is 956. The van der Waals surface area contributed by atoms with E-state index in [1.807, 2.05) is 38.1 Å². The van der Waals surface area contributed by atoms with Crippen LogP contribution in [-0.4, -0.2) is 61.8 Å². The fourth-order valence-electron chi connectivity index (χ4n) is 3.31. The van der Waals surface area contributed by atoms with Crippen LogP contribution in [0.15, 0.2) is 48.5 Å². The average molecular weight is 455 g/mol. The lowest BCUT2D eigenvalue weighted by Crippen LogP contribution is -2.35. The Morgan fingerprint density at radius 2 is 1.70 bits per heavy atom. The predicted octanol–water partition coefficient (Wildman–Crippen LogP) is 2.84. The van der Waals surface area contributed by atoms with Crippen LogP contribution in [-0.2, 0) is 20.8 Å². The van der Waals surface area contributed by atoms with Gasteiger partial charge in [0, 0.05) is 31.4 Å². The first-order chi connectivity index (χ1) is 15.9. The fraction of sp³-hybridized carbons (Fsp3) is 0.375. The molecule has 0 saturated carbocycles. The second-order valence-electron chi connectivity index (χ2n) is 8.01. The molecule has 33 heavy (non-hydrogen) atoms. The van der Waals surface area contributed by atoms with Crippen molar-refractivity contribution in [2.75, 3.05) is 43.5 Å². The van der Waals surface area contributed by atoms with Gasteiger partial charge in [-0.05, 0) is 43.7 Å². The van der Waals surface area contributed by atoms with Gasteiger partial charge in [0.05, 0.1) is 24.5 Å². The molecule has 0 atom stereocenters. The topological polar surface area (TPSA) is 109 Å². The van der Waals surface area contributed by atoms with Crippen LogP contribution in [0.3, 0.4) is 0 Å². The minimum Gasteiger partial charge on any atom is -0.452 e. The second kappa shape index (κ2) is 12.0. The summed E-state index contributed by atoms with van der Waals surface area (Å²) in [4.78, 5) is 39.0. The first kappa shape index (κ1) is 24.2. The highest BCUT2D eigenvalue weighted by atomic mass is 16.5. The Balaban J connectivity index is 1.48. The van der Waals surface area contributed by atoms with E-state index in [-0.39, 0.29) is 11.6 Å². The number of esters is 1. The maximum absolute atomic E-state index is 12.5. The molecule has 3 N–H and O–H groups in total. The molecule has 9 nitrogen and oxygen atoms in total. The Labute approximate surface area is 193 Å². The SMILES string of the molecule is CC(C)NC(=O)Nc1ccccc1C(=O)OCC(=O)Nc1ccc(CN2CCOCC2)cc1. The minimum atomic E-state index is -0.702. The molecular formula is C24H30N4O5. The van der Waals surface area contributed by atoms with Crippen molar-refractivity contribution in [3.63, 3.8) is 0 Å². The Kier molecular flexibility index (Phi) is 8.79. The number of para-hydroxylation sites is 1. The molecule has 0 unspecified atom stereocenters. The van der Waals surface area contributed by atoms with Crippen LogP contribution in [0, 0.1) is 0 Å². The van der Waals surface area contributed by atoms with E-state index in [1.54, 1.807) is 18.2 Å². The molecule has 1 fully saturated rings. The molecule has 1 aliphatic heterocycles. The van der Waals surface area contributed by atoms with Crippen LogP contribution in [0.4, 0.5) is 16.2 Å². The van der Waals surface area contributed by atoms with Crippen molar-refractivity contribution >= 4 is 29.3 Å². The van der Waals surface area contributed by atoms with Crippen molar-refractivity contribution in [2.24, 2.45) is 0 Å².